The second-order valence-corrected chi connectivity index (χ2v) is 8.01. The third-order valence-corrected chi connectivity index (χ3v) is 5.49. The van der Waals surface area contributed by atoms with Gasteiger partial charge in [0.05, 0.1) is 5.54 Å². The second-order valence-electron chi connectivity index (χ2n) is 8.01. The van der Waals surface area contributed by atoms with E-state index in [-0.39, 0.29) is 11.6 Å². The van der Waals surface area contributed by atoms with Crippen LogP contribution in [0.15, 0.2) is 0 Å². The first-order chi connectivity index (χ1) is 9.13. The van der Waals surface area contributed by atoms with Crippen molar-refractivity contribution in [1.29, 1.82) is 0 Å². The maximum Gasteiger partial charge on any atom is 0.411 e. The van der Waals surface area contributed by atoms with Crippen molar-refractivity contribution < 1.29 is 9.53 Å². The highest BCUT2D eigenvalue weighted by atomic mass is 16.6. The molecule has 1 spiro atoms. The van der Waals surface area contributed by atoms with Gasteiger partial charge >= 0.3 is 6.09 Å². The molecule has 1 amide bonds. The van der Waals surface area contributed by atoms with Gasteiger partial charge in [-0.1, -0.05) is 27.7 Å². The molecule has 20 heavy (non-hydrogen) atoms. The third kappa shape index (κ3) is 2.44. The molecule has 3 heteroatoms. The Morgan fingerprint density at radius 3 is 2.25 bits per heavy atom. The summed E-state index contributed by atoms with van der Waals surface area (Å²) >= 11 is 0. The van der Waals surface area contributed by atoms with Gasteiger partial charge in [-0.3, -0.25) is 4.90 Å². The van der Waals surface area contributed by atoms with Crippen molar-refractivity contribution in [3.05, 3.63) is 0 Å². The van der Waals surface area contributed by atoms with Gasteiger partial charge in [-0.15, -0.1) is 0 Å². The molecule has 2 rings (SSSR count). The van der Waals surface area contributed by atoms with Crippen LogP contribution < -0.4 is 0 Å². The monoisotopic (exact) mass is 281 g/mol. The highest BCUT2D eigenvalue weighted by Crippen LogP contribution is 2.59. The lowest BCUT2D eigenvalue weighted by atomic mass is 9.75. The van der Waals surface area contributed by atoms with Crippen LogP contribution in [-0.2, 0) is 4.74 Å². The third-order valence-electron chi connectivity index (χ3n) is 5.49. The smallest absolute Gasteiger partial charge is 0.411 e. The van der Waals surface area contributed by atoms with Crippen molar-refractivity contribution in [1.82, 2.24) is 4.90 Å². The van der Waals surface area contributed by atoms with Gasteiger partial charge in [-0.25, -0.2) is 4.79 Å². The van der Waals surface area contributed by atoms with Gasteiger partial charge in [-0.2, -0.15) is 0 Å². The number of piperidine rings is 1. The summed E-state index contributed by atoms with van der Waals surface area (Å²) in [4.78, 5) is 14.9. The molecule has 5 atom stereocenters. The van der Waals surface area contributed by atoms with E-state index in [0.717, 1.165) is 19.3 Å². The van der Waals surface area contributed by atoms with Gasteiger partial charge < -0.3 is 4.74 Å². The Morgan fingerprint density at radius 2 is 1.85 bits per heavy atom. The predicted octanol–water partition coefficient (Wildman–Crippen LogP) is 4.46. The molecule has 3 nitrogen and oxygen atoms in total. The van der Waals surface area contributed by atoms with Crippen LogP contribution in [0.1, 0.15) is 67.7 Å². The molecule has 0 N–H and O–H groups in total. The maximum atomic E-state index is 12.7. The first kappa shape index (κ1) is 15.7. The Labute approximate surface area is 124 Å². The van der Waals surface area contributed by atoms with Crippen LogP contribution in [0.5, 0.6) is 0 Å². The number of likely N-dealkylation sites (tertiary alicyclic amines) is 1. The van der Waals surface area contributed by atoms with Crippen molar-refractivity contribution in [3.8, 4) is 0 Å². The normalized spacial score (nSPS) is 40.9. The summed E-state index contributed by atoms with van der Waals surface area (Å²) in [5, 5.41) is 0. The van der Waals surface area contributed by atoms with E-state index in [1.54, 1.807) is 0 Å². The summed E-state index contributed by atoms with van der Waals surface area (Å²) in [5.74, 6) is 1.85. The van der Waals surface area contributed by atoms with Gasteiger partial charge in [0.1, 0.15) is 5.60 Å². The number of amides is 1. The van der Waals surface area contributed by atoms with Crippen molar-refractivity contribution in [3.63, 3.8) is 0 Å². The SMILES string of the molecule is CC[C@@H]1C[C@H](C)[C@@H](C)C2(C[C@H]2C)N1C(=O)OC(C)(C)C. The molecule has 116 valence electrons. The molecule has 1 unspecified atom stereocenters. The number of hydrogen-bond acceptors (Lipinski definition) is 2. The molecule has 1 saturated heterocycles. The zero-order chi connectivity index (χ0) is 15.3. The number of carbonyl (C=O) groups is 1. The van der Waals surface area contributed by atoms with E-state index in [1.807, 2.05) is 20.8 Å². The molecule has 1 aliphatic heterocycles. The maximum absolute atomic E-state index is 12.7. The minimum absolute atomic E-state index is 0.0562. The molecular weight excluding hydrogens is 250 g/mol. The van der Waals surface area contributed by atoms with E-state index in [0.29, 0.717) is 23.8 Å². The van der Waals surface area contributed by atoms with E-state index in [9.17, 15) is 4.79 Å². The van der Waals surface area contributed by atoms with E-state index in [2.05, 4.69) is 32.6 Å². The van der Waals surface area contributed by atoms with Crippen LogP contribution in [0, 0.1) is 17.8 Å². The quantitative estimate of drug-likeness (QED) is 0.710. The van der Waals surface area contributed by atoms with Crippen molar-refractivity contribution in [2.24, 2.45) is 17.8 Å². The molecule has 0 bridgehead atoms. The Balaban J connectivity index is 2.28. The molecule has 2 aliphatic rings. The molecule has 2 fully saturated rings. The zero-order valence-electron chi connectivity index (χ0n) is 14.2. The number of nitrogens with zero attached hydrogens (tertiary/aromatic N) is 1. The van der Waals surface area contributed by atoms with Gasteiger partial charge in [0.25, 0.3) is 0 Å². The summed E-state index contributed by atoms with van der Waals surface area (Å²) in [6.07, 6.45) is 3.15. The highest BCUT2D eigenvalue weighted by Gasteiger charge is 2.65. The first-order valence-corrected chi connectivity index (χ1v) is 8.15. The van der Waals surface area contributed by atoms with E-state index in [1.165, 1.54) is 0 Å². The number of carbonyl (C=O) groups excluding carboxylic acids is 1. The summed E-state index contributed by atoms with van der Waals surface area (Å²) in [5.41, 5.74) is -0.359. The lowest BCUT2D eigenvalue weighted by Gasteiger charge is -2.49. The fourth-order valence-corrected chi connectivity index (χ4v) is 4.17. The molecule has 1 aliphatic carbocycles. The fourth-order valence-electron chi connectivity index (χ4n) is 4.17. The average molecular weight is 281 g/mol. The molecule has 1 heterocycles. The lowest BCUT2D eigenvalue weighted by Crippen LogP contribution is -2.59. The minimum Gasteiger partial charge on any atom is -0.444 e. The number of rotatable bonds is 1. The Bertz CT molecular complexity index is 387. The molecule has 0 aromatic heterocycles. The predicted molar refractivity (Wildman–Crippen MR) is 81.6 cm³/mol. The highest BCUT2D eigenvalue weighted by molar-refractivity contribution is 5.71. The van der Waals surface area contributed by atoms with E-state index < -0.39 is 5.60 Å². The molecule has 0 aromatic carbocycles. The fraction of sp³-hybridized carbons (Fsp3) is 0.941. The van der Waals surface area contributed by atoms with Crippen LogP contribution >= 0.6 is 0 Å². The summed E-state index contributed by atoms with van der Waals surface area (Å²) < 4.78 is 5.70. The summed E-state index contributed by atoms with van der Waals surface area (Å²) in [6, 6.07) is 0.334. The molecule has 0 radical (unpaired) electrons. The van der Waals surface area contributed by atoms with Crippen molar-refractivity contribution in [2.45, 2.75) is 84.9 Å². The number of ether oxygens (including phenoxy) is 1. The number of hydrogen-bond donors (Lipinski definition) is 0. The Hall–Kier alpha value is -0.730. The van der Waals surface area contributed by atoms with Crippen molar-refractivity contribution >= 4 is 6.09 Å². The standard InChI is InChI=1S/C17H31NO2/c1-8-14-9-11(2)13(4)17(10-12(17)3)18(14)15(19)20-16(5,6)7/h11-14H,8-10H2,1-7H3/t11-,12+,13+,14+,17?/m0/s1. The van der Waals surface area contributed by atoms with Crippen LogP contribution in [0.3, 0.4) is 0 Å². The zero-order valence-corrected chi connectivity index (χ0v) is 14.2. The summed E-state index contributed by atoms with van der Waals surface area (Å²) in [7, 11) is 0. The van der Waals surface area contributed by atoms with Crippen LogP contribution in [-0.4, -0.2) is 28.2 Å². The largest absolute Gasteiger partial charge is 0.444 e. The van der Waals surface area contributed by atoms with E-state index >= 15 is 0 Å². The van der Waals surface area contributed by atoms with Gasteiger partial charge in [0, 0.05) is 6.04 Å². The van der Waals surface area contributed by atoms with Gasteiger partial charge in [0.2, 0.25) is 0 Å². The van der Waals surface area contributed by atoms with E-state index in [4.69, 9.17) is 4.74 Å². The van der Waals surface area contributed by atoms with Crippen LogP contribution in [0.4, 0.5) is 4.79 Å². The lowest BCUT2D eigenvalue weighted by molar-refractivity contribution is -0.0416. The first-order valence-electron chi connectivity index (χ1n) is 8.15. The van der Waals surface area contributed by atoms with Crippen molar-refractivity contribution in [2.75, 3.05) is 0 Å². The Kier molecular flexibility index (Phi) is 3.85. The average Bonchev–Trinajstić information content (AvgIpc) is 2.95. The van der Waals surface area contributed by atoms with Gasteiger partial charge in [-0.05, 0) is 57.8 Å². The van der Waals surface area contributed by atoms with Gasteiger partial charge in [0.15, 0.2) is 0 Å². The minimum atomic E-state index is -0.416. The topological polar surface area (TPSA) is 29.5 Å². The molecular formula is C17H31NO2. The summed E-state index contributed by atoms with van der Waals surface area (Å²) in [6.45, 7) is 15.0. The Morgan fingerprint density at radius 1 is 1.30 bits per heavy atom. The van der Waals surface area contributed by atoms with Crippen LogP contribution in [0.2, 0.25) is 0 Å². The molecule has 1 saturated carbocycles. The molecule has 0 aromatic rings. The van der Waals surface area contributed by atoms with Crippen LogP contribution in [0.25, 0.3) is 0 Å². The second kappa shape index (κ2) is 4.92.